The molecule has 2 aliphatic rings. The second-order valence-corrected chi connectivity index (χ2v) is 8.46. The zero-order valence-electron chi connectivity index (χ0n) is 13.2. The quantitative estimate of drug-likeness (QED) is 0.835. The maximum Gasteiger partial charge on any atom is 0.262 e. The highest BCUT2D eigenvalue weighted by Crippen LogP contribution is 2.31. The van der Waals surface area contributed by atoms with Gasteiger partial charge in [-0.3, -0.25) is 0 Å². The SMILES string of the molecule is CN1CCCCC1C1CN(S(=O)(=O)c2cn(C)cn2)CC1N. The van der Waals surface area contributed by atoms with Gasteiger partial charge in [-0.25, -0.2) is 13.4 Å². The molecule has 3 heterocycles. The number of aromatic nitrogens is 2. The van der Waals surface area contributed by atoms with Gasteiger partial charge in [0, 0.05) is 44.3 Å². The van der Waals surface area contributed by atoms with Crippen molar-refractivity contribution in [1.29, 1.82) is 0 Å². The molecule has 8 heteroatoms. The topological polar surface area (TPSA) is 84.5 Å². The molecule has 0 aliphatic carbocycles. The number of imidazole rings is 1. The van der Waals surface area contributed by atoms with Gasteiger partial charge in [0.15, 0.2) is 5.03 Å². The first-order chi connectivity index (χ1) is 10.4. The number of sulfonamides is 1. The van der Waals surface area contributed by atoms with Gasteiger partial charge in [0.25, 0.3) is 10.0 Å². The molecule has 3 unspecified atom stereocenters. The van der Waals surface area contributed by atoms with Crippen LogP contribution in [-0.4, -0.2) is 65.9 Å². The van der Waals surface area contributed by atoms with Gasteiger partial charge in [-0.2, -0.15) is 4.31 Å². The van der Waals surface area contributed by atoms with Crippen LogP contribution in [0, 0.1) is 5.92 Å². The Labute approximate surface area is 132 Å². The molecule has 124 valence electrons. The van der Waals surface area contributed by atoms with Gasteiger partial charge in [-0.15, -0.1) is 0 Å². The van der Waals surface area contributed by atoms with Gasteiger partial charge in [0.1, 0.15) is 0 Å². The largest absolute Gasteiger partial charge is 0.339 e. The van der Waals surface area contributed by atoms with E-state index in [1.165, 1.54) is 23.5 Å². The Morgan fingerprint density at radius 2 is 2.05 bits per heavy atom. The molecule has 0 amide bonds. The van der Waals surface area contributed by atoms with Crippen molar-refractivity contribution >= 4 is 10.0 Å². The van der Waals surface area contributed by atoms with Crippen LogP contribution >= 0.6 is 0 Å². The molecule has 1 aromatic heterocycles. The first-order valence-electron chi connectivity index (χ1n) is 7.83. The molecule has 3 rings (SSSR count). The molecule has 0 bridgehead atoms. The summed E-state index contributed by atoms with van der Waals surface area (Å²) in [6, 6.07) is 0.275. The predicted molar refractivity (Wildman–Crippen MR) is 83.7 cm³/mol. The van der Waals surface area contributed by atoms with Crippen molar-refractivity contribution in [3.8, 4) is 0 Å². The van der Waals surface area contributed by atoms with Crippen LogP contribution in [0.2, 0.25) is 0 Å². The van der Waals surface area contributed by atoms with Gasteiger partial charge in [-0.05, 0) is 26.4 Å². The zero-order valence-corrected chi connectivity index (χ0v) is 14.0. The first kappa shape index (κ1) is 15.9. The number of likely N-dealkylation sites (tertiary alicyclic amines) is 1. The minimum Gasteiger partial charge on any atom is -0.339 e. The Bertz CT molecular complexity index is 629. The Morgan fingerprint density at radius 1 is 1.27 bits per heavy atom. The van der Waals surface area contributed by atoms with E-state index in [2.05, 4.69) is 16.9 Å². The van der Waals surface area contributed by atoms with E-state index in [1.54, 1.807) is 17.8 Å². The summed E-state index contributed by atoms with van der Waals surface area (Å²) in [7, 11) is 0.346. The molecule has 2 saturated heterocycles. The number of piperidine rings is 1. The van der Waals surface area contributed by atoms with Crippen molar-refractivity contribution < 1.29 is 8.42 Å². The fourth-order valence-electron chi connectivity index (χ4n) is 3.72. The lowest BCUT2D eigenvalue weighted by Crippen LogP contribution is -2.47. The van der Waals surface area contributed by atoms with Gasteiger partial charge in [0.05, 0.1) is 6.33 Å². The Hall–Kier alpha value is -0.960. The number of nitrogens with two attached hydrogens (primary N) is 1. The predicted octanol–water partition coefficient (Wildman–Crippen LogP) is -0.148. The van der Waals surface area contributed by atoms with E-state index in [0.717, 1.165) is 13.0 Å². The van der Waals surface area contributed by atoms with Gasteiger partial charge >= 0.3 is 0 Å². The third-order valence-corrected chi connectivity index (χ3v) is 6.70. The van der Waals surface area contributed by atoms with Crippen LogP contribution in [0.5, 0.6) is 0 Å². The maximum atomic E-state index is 12.7. The summed E-state index contributed by atoms with van der Waals surface area (Å²) in [6.07, 6.45) is 6.57. The van der Waals surface area contributed by atoms with E-state index < -0.39 is 10.0 Å². The Kier molecular flexibility index (Phi) is 4.28. The minimum absolute atomic E-state index is 0.107. The molecule has 0 radical (unpaired) electrons. The molecule has 7 nitrogen and oxygen atoms in total. The fourth-order valence-corrected chi connectivity index (χ4v) is 5.20. The van der Waals surface area contributed by atoms with E-state index in [9.17, 15) is 8.42 Å². The molecular formula is C14H25N5O2S. The van der Waals surface area contributed by atoms with E-state index in [0.29, 0.717) is 19.1 Å². The van der Waals surface area contributed by atoms with Crippen LogP contribution in [0.1, 0.15) is 19.3 Å². The Morgan fingerprint density at radius 3 is 2.68 bits per heavy atom. The smallest absolute Gasteiger partial charge is 0.262 e. The molecule has 0 saturated carbocycles. The molecule has 0 aromatic carbocycles. The van der Waals surface area contributed by atoms with Crippen molar-refractivity contribution in [2.45, 2.75) is 36.4 Å². The summed E-state index contributed by atoms with van der Waals surface area (Å²) in [6.45, 7) is 1.95. The van der Waals surface area contributed by atoms with Crippen molar-refractivity contribution in [1.82, 2.24) is 18.8 Å². The Balaban J connectivity index is 1.78. The summed E-state index contributed by atoms with van der Waals surface area (Å²) in [5.41, 5.74) is 6.28. The maximum absolute atomic E-state index is 12.7. The van der Waals surface area contributed by atoms with E-state index in [1.807, 2.05) is 0 Å². The average molecular weight is 327 g/mol. The lowest BCUT2D eigenvalue weighted by molar-refractivity contribution is 0.127. The normalized spacial score (nSPS) is 31.7. The van der Waals surface area contributed by atoms with Crippen LogP contribution in [0.3, 0.4) is 0 Å². The summed E-state index contributed by atoms with van der Waals surface area (Å²) in [4.78, 5) is 6.33. The highest BCUT2D eigenvalue weighted by Gasteiger charge is 2.43. The summed E-state index contributed by atoms with van der Waals surface area (Å²) in [5.74, 6) is 0.198. The minimum atomic E-state index is -3.54. The molecule has 22 heavy (non-hydrogen) atoms. The van der Waals surface area contributed by atoms with Crippen molar-refractivity contribution in [2.75, 3.05) is 26.7 Å². The van der Waals surface area contributed by atoms with Crippen LogP contribution < -0.4 is 5.73 Å². The van der Waals surface area contributed by atoms with Gasteiger partial charge in [0.2, 0.25) is 0 Å². The molecule has 3 atom stereocenters. The lowest BCUT2D eigenvalue weighted by atomic mass is 9.88. The third-order valence-electron chi connectivity index (χ3n) is 4.99. The summed E-state index contributed by atoms with van der Waals surface area (Å²) >= 11 is 0. The summed E-state index contributed by atoms with van der Waals surface area (Å²) < 4.78 is 28.5. The van der Waals surface area contributed by atoms with Crippen molar-refractivity contribution in [3.05, 3.63) is 12.5 Å². The lowest BCUT2D eigenvalue weighted by Gasteiger charge is -2.37. The molecule has 2 aliphatic heterocycles. The van der Waals surface area contributed by atoms with Gasteiger partial charge < -0.3 is 15.2 Å². The number of nitrogens with zero attached hydrogens (tertiary/aromatic N) is 4. The van der Waals surface area contributed by atoms with Crippen LogP contribution in [-0.2, 0) is 17.1 Å². The molecule has 1 aromatic rings. The highest BCUT2D eigenvalue weighted by molar-refractivity contribution is 7.89. The zero-order chi connectivity index (χ0) is 15.9. The standard InChI is InChI=1S/C14H25N5O2S/c1-17-9-14(16-10-17)22(20,21)19-7-11(12(15)8-19)13-5-3-4-6-18(13)2/h9-13H,3-8,15H2,1-2H3. The average Bonchev–Trinajstić information content (AvgIpc) is 3.06. The van der Waals surface area contributed by atoms with Crippen molar-refractivity contribution in [2.24, 2.45) is 18.7 Å². The van der Waals surface area contributed by atoms with Crippen LogP contribution in [0.4, 0.5) is 0 Å². The summed E-state index contributed by atoms with van der Waals surface area (Å²) in [5, 5.41) is 0.111. The monoisotopic (exact) mass is 327 g/mol. The first-order valence-corrected chi connectivity index (χ1v) is 9.27. The van der Waals surface area contributed by atoms with Crippen LogP contribution in [0.25, 0.3) is 0 Å². The molecule has 2 N–H and O–H groups in total. The van der Waals surface area contributed by atoms with Crippen molar-refractivity contribution in [3.63, 3.8) is 0 Å². The third kappa shape index (κ3) is 2.80. The number of rotatable bonds is 3. The van der Waals surface area contributed by atoms with E-state index in [-0.39, 0.29) is 17.0 Å². The molecule has 0 spiro atoms. The van der Waals surface area contributed by atoms with Gasteiger partial charge in [-0.1, -0.05) is 6.42 Å². The second-order valence-electron chi connectivity index (χ2n) is 6.57. The highest BCUT2D eigenvalue weighted by atomic mass is 32.2. The molecule has 2 fully saturated rings. The fraction of sp³-hybridized carbons (Fsp3) is 0.786. The van der Waals surface area contributed by atoms with E-state index >= 15 is 0 Å². The van der Waals surface area contributed by atoms with Crippen LogP contribution in [0.15, 0.2) is 17.6 Å². The molecular weight excluding hydrogens is 302 g/mol. The van der Waals surface area contributed by atoms with E-state index in [4.69, 9.17) is 5.73 Å². The number of aryl methyl sites for hydroxylation is 1. The number of hydrogen-bond donors (Lipinski definition) is 1. The second kappa shape index (κ2) is 5.92. The number of hydrogen-bond acceptors (Lipinski definition) is 5.